The van der Waals surface area contributed by atoms with Crippen molar-refractivity contribution in [2.75, 3.05) is 13.1 Å². The van der Waals surface area contributed by atoms with Gasteiger partial charge < -0.3 is 5.32 Å². The Labute approximate surface area is 127 Å². The Morgan fingerprint density at radius 1 is 1.23 bits per heavy atom. The van der Waals surface area contributed by atoms with Gasteiger partial charge in [-0.3, -0.25) is 4.68 Å². The molecule has 0 fully saturated rings. The summed E-state index contributed by atoms with van der Waals surface area (Å²) in [4.78, 5) is 0. The third-order valence-corrected chi connectivity index (χ3v) is 3.92. The number of rotatable bonds is 2. The number of pyridine rings is 1. The van der Waals surface area contributed by atoms with E-state index < -0.39 is 0 Å². The van der Waals surface area contributed by atoms with E-state index in [1.54, 1.807) is 15.4 Å². The number of aromatic nitrogens is 4. The molecule has 0 amide bonds. The van der Waals surface area contributed by atoms with Crippen molar-refractivity contribution in [3.05, 3.63) is 48.1 Å². The highest BCUT2D eigenvalue weighted by atomic mass is 15.2. The second kappa shape index (κ2) is 4.83. The molecule has 4 rings (SSSR count). The van der Waals surface area contributed by atoms with Crippen molar-refractivity contribution in [2.24, 2.45) is 7.05 Å². The van der Waals surface area contributed by atoms with Crippen LogP contribution in [-0.4, -0.2) is 32.5 Å². The molecule has 0 atom stereocenters. The summed E-state index contributed by atoms with van der Waals surface area (Å²) < 4.78 is 3.56. The zero-order valence-corrected chi connectivity index (χ0v) is 12.1. The molecule has 0 bridgehead atoms. The Morgan fingerprint density at radius 3 is 2.82 bits per heavy atom. The predicted octanol–water partition coefficient (Wildman–Crippen LogP) is 1.59. The van der Waals surface area contributed by atoms with Crippen molar-refractivity contribution in [1.82, 2.24) is 24.7 Å². The molecule has 0 radical (unpaired) electrons. The lowest BCUT2D eigenvalue weighted by atomic mass is 10.0. The molecule has 1 aliphatic heterocycles. The monoisotopic (exact) mass is 290 g/mol. The third kappa shape index (κ3) is 1.91. The predicted molar refractivity (Wildman–Crippen MR) is 83.0 cm³/mol. The first-order valence-electron chi connectivity index (χ1n) is 7.07. The van der Waals surface area contributed by atoms with Crippen LogP contribution in [0.2, 0.25) is 0 Å². The van der Waals surface area contributed by atoms with Crippen LogP contribution in [0.25, 0.3) is 22.2 Å². The minimum atomic E-state index is 0.598. The molecule has 3 aromatic rings. The Kier molecular flexibility index (Phi) is 2.81. The Hall–Kier alpha value is -2.91. The van der Waals surface area contributed by atoms with Crippen LogP contribution >= 0.6 is 0 Å². The van der Waals surface area contributed by atoms with Crippen molar-refractivity contribution in [3.8, 4) is 17.2 Å². The standard InChI is InChI=1S/C16H14N6/c1-21-9-14(8-19-21)12-4-15(11-2-3-18-6-11)16-13(5-17)7-20-22(16)10-12/h2,4,7-10,18H,3,6H2,1H3. The Morgan fingerprint density at radius 2 is 2.14 bits per heavy atom. The molecule has 108 valence electrons. The molecular formula is C16H14N6. The lowest BCUT2D eigenvalue weighted by Gasteiger charge is -2.09. The fraction of sp³-hybridized carbons (Fsp3) is 0.188. The highest BCUT2D eigenvalue weighted by Gasteiger charge is 2.17. The van der Waals surface area contributed by atoms with E-state index in [4.69, 9.17) is 0 Å². The highest BCUT2D eigenvalue weighted by Crippen LogP contribution is 2.29. The molecule has 6 nitrogen and oxygen atoms in total. The van der Waals surface area contributed by atoms with Crippen LogP contribution in [0.5, 0.6) is 0 Å². The molecule has 4 heterocycles. The average molecular weight is 290 g/mol. The van der Waals surface area contributed by atoms with Crippen molar-refractivity contribution in [3.63, 3.8) is 0 Å². The number of hydrogen-bond acceptors (Lipinski definition) is 4. The van der Waals surface area contributed by atoms with Crippen LogP contribution in [0, 0.1) is 11.3 Å². The van der Waals surface area contributed by atoms with Crippen molar-refractivity contribution in [2.45, 2.75) is 0 Å². The number of nitrogens with one attached hydrogen (secondary N) is 1. The fourth-order valence-corrected chi connectivity index (χ4v) is 2.86. The van der Waals surface area contributed by atoms with Gasteiger partial charge in [0.2, 0.25) is 0 Å². The lowest BCUT2D eigenvalue weighted by Crippen LogP contribution is -2.08. The number of hydrogen-bond donors (Lipinski definition) is 1. The van der Waals surface area contributed by atoms with E-state index in [9.17, 15) is 5.26 Å². The van der Waals surface area contributed by atoms with Gasteiger partial charge in [0.1, 0.15) is 6.07 Å². The maximum absolute atomic E-state index is 9.33. The van der Waals surface area contributed by atoms with E-state index in [-0.39, 0.29) is 0 Å². The van der Waals surface area contributed by atoms with Gasteiger partial charge in [-0.15, -0.1) is 0 Å². The molecule has 0 aromatic carbocycles. The molecule has 3 aromatic heterocycles. The normalized spacial score (nSPS) is 14.3. The van der Waals surface area contributed by atoms with Crippen LogP contribution in [0.3, 0.4) is 0 Å². The van der Waals surface area contributed by atoms with Gasteiger partial charge in [0.05, 0.1) is 23.5 Å². The van der Waals surface area contributed by atoms with Gasteiger partial charge in [0.25, 0.3) is 0 Å². The lowest BCUT2D eigenvalue weighted by molar-refractivity contribution is 0.768. The number of nitriles is 1. The van der Waals surface area contributed by atoms with Crippen molar-refractivity contribution >= 4 is 11.1 Å². The van der Waals surface area contributed by atoms with Crippen molar-refractivity contribution < 1.29 is 0 Å². The SMILES string of the molecule is Cn1cc(-c2cc(C3=CCNC3)c3c(C#N)cnn3c2)cn1. The summed E-state index contributed by atoms with van der Waals surface area (Å²) in [6.07, 6.45) is 9.53. The van der Waals surface area contributed by atoms with Crippen LogP contribution in [-0.2, 0) is 7.05 Å². The zero-order chi connectivity index (χ0) is 15.1. The third-order valence-electron chi connectivity index (χ3n) is 3.92. The summed E-state index contributed by atoms with van der Waals surface area (Å²) in [5, 5.41) is 21.2. The van der Waals surface area contributed by atoms with Gasteiger partial charge in [0, 0.05) is 49.2 Å². The first kappa shape index (κ1) is 12.8. The van der Waals surface area contributed by atoms with Gasteiger partial charge in [-0.1, -0.05) is 6.08 Å². The quantitative estimate of drug-likeness (QED) is 0.778. The topological polar surface area (TPSA) is 70.9 Å². The van der Waals surface area contributed by atoms with Gasteiger partial charge >= 0.3 is 0 Å². The van der Waals surface area contributed by atoms with Crippen LogP contribution < -0.4 is 5.32 Å². The van der Waals surface area contributed by atoms with E-state index in [0.717, 1.165) is 35.3 Å². The summed E-state index contributed by atoms with van der Waals surface area (Å²) >= 11 is 0. The molecule has 22 heavy (non-hydrogen) atoms. The maximum Gasteiger partial charge on any atom is 0.103 e. The fourth-order valence-electron chi connectivity index (χ4n) is 2.86. The van der Waals surface area contributed by atoms with Crippen LogP contribution in [0.1, 0.15) is 11.1 Å². The van der Waals surface area contributed by atoms with E-state index in [1.807, 2.05) is 25.6 Å². The number of fused-ring (bicyclic) bond motifs is 1. The first-order valence-corrected chi connectivity index (χ1v) is 7.07. The summed E-state index contributed by atoms with van der Waals surface area (Å²) in [5.74, 6) is 0. The molecule has 0 spiro atoms. The number of nitrogens with zero attached hydrogens (tertiary/aromatic N) is 5. The summed E-state index contributed by atoms with van der Waals surface area (Å²) in [7, 11) is 1.90. The molecule has 0 aliphatic carbocycles. The van der Waals surface area contributed by atoms with E-state index >= 15 is 0 Å². The van der Waals surface area contributed by atoms with Crippen LogP contribution in [0.4, 0.5) is 0 Å². The molecule has 0 saturated heterocycles. The summed E-state index contributed by atoms with van der Waals surface area (Å²) in [6.45, 7) is 1.66. The smallest absolute Gasteiger partial charge is 0.103 e. The minimum absolute atomic E-state index is 0.598. The van der Waals surface area contributed by atoms with Crippen LogP contribution in [0.15, 0.2) is 36.9 Å². The van der Waals surface area contributed by atoms with Gasteiger partial charge in [-0.2, -0.15) is 15.5 Å². The molecule has 0 saturated carbocycles. The second-order valence-corrected chi connectivity index (χ2v) is 5.37. The van der Waals surface area contributed by atoms with Gasteiger partial charge in [0.15, 0.2) is 0 Å². The van der Waals surface area contributed by atoms with Gasteiger partial charge in [-0.25, -0.2) is 4.52 Å². The molecule has 6 heteroatoms. The van der Waals surface area contributed by atoms with E-state index in [2.05, 4.69) is 33.7 Å². The molecule has 1 N–H and O–H groups in total. The molecule has 1 aliphatic rings. The Bertz CT molecular complexity index is 937. The van der Waals surface area contributed by atoms with E-state index in [0.29, 0.717) is 5.56 Å². The minimum Gasteiger partial charge on any atom is -0.309 e. The molecule has 0 unspecified atom stereocenters. The first-order chi connectivity index (χ1) is 10.8. The molecular weight excluding hydrogens is 276 g/mol. The van der Waals surface area contributed by atoms with Gasteiger partial charge in [-0.05, 0) is 11.6 Å². The van der Waals surface area contributed by atoms with Crippen molar-refractivity contribution in [1.29, 1.82) is 5.26 Å². The second-order valence-electron chi connectivity index (χ2n) is 5.37. The highest BCUT2D eigenvalue weighted by molar-refractivity contribution is 5.86. The summed E-state index contributed by atoms with van der Waals surface area (Å²) in [5.41, 5.74) is 5.79. The summed E-state index contributed by atoms with van der Waals surface area (Å²) in [6, 6.07) is 4.35. The average Bonchev–Trinajstić information content (AvgIpc) is 3.26. The Balaban J connectivity index is 2.00. The number of aryl methyl sites for hydroxylation is 1. The van der Waals surface area contributed by atoms with E-state index in [1.165, 1.54) is 5.57 Å². The maximum atomic E-state index is 9.33. The largest absolute Gasteiger partial charge is 0.309 e. The zero-order valence-electron chi connectivity index (χ0n) is 12.1.